The molecule has 0 aliphatic carbocycles. The van der Waals surface area contributed by atoms with Crippen LogP contribution in [0, 0.1) is 19.7 Å². The standard InChI is InChI=1S/C22H16F4N4O/c1-12-4-3-5-13(2)20(12)28-21(31)17-11-19-27-16(14-6-8-15(23)9-7-14)10-18(22(24,25)26)30(19)29-17/h3-11H,1-2H3,(H,28,31). The fourth-order valence-electron chi connectivity index (χ4n) is 3.25. The number of alkyl halides is 3. The van der Waals surface area contributed by atoms with E-state index in [1.165, 1.54) is 18.2 Å². The molecule has 5 nitrogen and oxygen atoms in total. The fourth-order valence-corrected chi connectivity index (χ4v) is 3.25. The van der Waals surface area contributed by atoms with Gasteiger partial charge in [-0.3, -0.25) is 4.79 Å². The average Bonchev–Trinajstić information content (AvgIpc) is 3.14. The van der Waals surface area contributed by atoms with Gasteiger partial charge in [-0.15, -0.1) is 0 Å². The van der Waals surface area contributed by atoms with Gasteiger partial charge in [0.15, 0.2) is 17.0 Å². The number of carbonyl (C=O) groups is 1. The topological polar surface area (TPSA) is 59.3 Å². The predicted molar refractivity (Wildman–Crippen MR) is 107 cm³/mol. The lowest BCUT2D eigenvalue weighted by molar-refractivity contribution is -0.142. The summed E-state index contributed by atoms with van der Waals surface area (Å²) < 4.78 is 54.9. The zero-order valence-electron chi connectivity index (χ0n) is 16.5. The molecule has 1 amide bonds. The van der Waals surface area contributed by atoms with Crippen LogP contribution in [-0.2, 0) is 6.18 Å². The number of amides is 1. The lowest BCUT2D eigenvalue weighted by atomic mass is 10.1. The van der Waals surface area contributed by atoms with Gasteiger partial charge in [-0.25, -0.2) is 13.9 Å². The monoisotopic (exact) mass is 428 g/mol. The molecule has 4 rings (SSSR count). The molecule has 158 valence electrons. The predicted octanol–water partition coefficient (Wildman–Crippen LogP) is 5.42. The zero-order chi connectivity index (χ0) is 22.3. The van der Waals surface area contributed by atoms with Gasteiger partial charge in [-0.2, -0.15) is 18.3 Å². The lowest BCUT2D eigenvalue weighted by Gasteiger charge is -2.11. The molecule has 0 bridgehead atoms. The summed E-state index contributed by atoms with van der Waals surface area (Å²) in [5.74, 6) is -1.17. The smallest absolute Gasteiger partial charge is 0.320 e. The third kappa shape index (κ3) is 3.98. The number of aromatic nitrogens is 3. The minimum Gasteiger partial charge on any atom is -0.320 e. The van der Waals surface area contributed by atoms with Crippen molar-refractivity contribution in [1.29, 1.82) is 0 Å². The Morgan fingerprint density at radius 3 is 2.26 bits per heavy atom. The van der Waals surface area contributed by atoms with E-state index in [1.807, 2.05) is 32.0 Å². The Labute approximate surface area is 174 Å². The number of halogens is 4. The van der Waals surface area contributed by atoms with Gasteiger partial charge in [0.2, 0.25) is 0 Å². The van der Waals surface area contributed by atoms with Crippen molar-refractivity contribution in [2.24, 2.45) is 0 Å². The molecule has 4 aromatic rings. The first-order valence-corrected chi connectivity index (χ1v) is 9.25. The summed E-state index contributed by atoms with van der Waals surface area (Å²) in [5.41, 5.74) is 1.02. The Balaban J connectivity index is 1.80. The van der Waals surface area contributed by atoms with E-state index in [1.54, 1.807) is 0 Å². The van der Waals surface area contributed by atoms with Crippen molar-refractivity contribution >= 4 is 17.2 Å². The molecular formula is C22H16F4N4O. The van der Waals surface area contributed by atoms with Crippen molar-refractivity contribution in [2.75, 3.05) is 5.32 Å². The number of nitrogens with one attached hydrogen (secondary N) is 1. The van der Waals surface area contributed by atoms with Crippen LogP contribution in [0.2, 0.25) is 0 Å². The van der Waals surface area contributed by atoms with Crippen molar-refractivity contribution in [1.82, 2.24) is 14.6 Å². The van der Waals surface area contributed by atoms with Crippen LogP contribution < -0.4 is 5.32 Å². The minimum absolute atomic E-state index is 0.0126. The molecular weight excluding hydrogens is 412 g/mol. The van der Waals surface area contributed by atoms with Gasteiger partial charge in [0.1, 0.15) is 5.82 Å². The Bertz CT molecular complexity index is 1270. The van der Waals surface area contributed by atoms with Crippen molar-refractivity contribution in [2.45, 2.75) is 20.0 Å². The molecule has 9 heteroatoms. The third-order valence-corrected chi connectivity index (χ3v) is 4.81. The molecule has 0 aliphatic heterocycles. The highest BCUT2D eigenvalue weighted by Gasteiger charge is 2.35. The molecule has 2 aromatic carbocycles. The van der Waals surface area contributed by atoms with Crippen LogP contribution >= 0.6 is 0 Å². The van der Waals surface area contributed by atoms with E-state index in [0.29, 0.717) is 15.8 Å². The normalized spacial score (nSPS) is 11.7. The quantitative estimate of drug-likeness (QED) is 0.443. The van der Waals surface area contributed by atoms with Crippen LogP contribution in [0.1, 0.15) is 27.3 Å². The molecule has 0 spiro atoms. The largest absolute Gasteiger partial charge is 0.433 e. The molecule has 2 aromatic heterocycles. The summed E-state index contributed by atoms with van der Waals surface area (Å²) in [5, 5.41) is 6.55. The third-order valence-electron chi connectivity index (χ3n) is 4.81. The molecule has 0 saturated carbocycles. The maximum atomic E-state index is 13.7. The number of hydrogen-bond donors (Lipinski definition) is 1. The highest BCUT2D eigenvalue weighted by molar-refractivity contribution is 6.04. The number of rotatable bonds is 3. The van der Waals surface area contributed by atoms with Gasteiger partial charge in [-0.1, -0.05) is 18.2 Å². The van der Waals surface area contributed by atoms with Gasteiger partial charge in [0.05, 0.1) is 5.69 Å². The second-order valence-corrected chi connectivity index (χ2v) is 7.05. The molecule has 0 saturated heterocycles. The van der Waals surface area contributed by atoms with E-state index in [9.17, 15) is 22.4 Å². The van der Waals surface area contributed by atoms with Crippen LogP contribution in [0.25, 0.3) is 16.9 Å². The Hall–Kier alpha value is -3.75. The van der Waals surface area contributed by atoms with Crippen molar-refractivity contribution in [3.8, 4) is 11.3 Å². The second kappa shape index (κ2) is 7.50. The van der Waals surface area contributed by atoms with Gasteiger partial charge >= 0.3 is 6.18 Å². The van der Waals surface area contributed by atoms with E-state index in [2.05, 4.69) is 15.4 Å². The van der Waals surface area contributed by atoms with Crippen LogP contribution in [0.5, 0.6) is 0 Å². The first kappa shape index (κ1) is 20.5. The molecule has 0 aliphatic rings. The van der Waals surface area contributed by atoms with Crippen molar-refractivity contribution < 1.29 is 22.4 Å². The summed E-state index contributed by atoms with van der Waals surface area (Å²) in [6, 6.07) is 12.4. The molecule has 0 fully saturated rings. The molecule has 1 N–H and O–H groups in total. The molecule has 0 unspecified atom stereocenters. The van der Waals surface area contributed by atoms with Gasteiger partial charge in [0, 0.05) is 17.3 Å². The number of anilines is 1. The first-order valence-electron chi connectivity index (χ1n) is 9.25. The number of nitrogens with zero attached hydrogens (tertiary/aromatic N) is 3. The highest BCUT2D eigenvalue weighted by atomic mass is 19.4. The summed E-state index contributed by atoms with van der Waals surface area (Å²) in [4.78, 5) is 16.9. The Kier molecular flexibility index (Phi) is 4.96. The molecule has 2 heterocycles. The van der Waals surface area contributed by atoms with Crippen LogP contribution in [-0.4, -0.2) is 20.5 Å². The SMILES string of the molecule is Cc1cccc(C)c1NC(=O)c1cc2nc(-c3ccc(F)cc3)cc(C(F)(F)F)n2n1. The van der Waals surface area contributed by atoms with Gasteiger partial charge in [0.25, 0.3) is 5.91 Å². The number of hydrogen-bond acceptors (Lipinski definition) is 3. The summed E-state index contributed by atoms with van der Waals surface area (Å²) in [6.07, 6.45) is -4.75. The van der Waals surface area contributed by atoms with E-state index in [4.69, 9.17) is 0 Å². The van der Waals surface area contributed by atoms with Crippen LogP contribution in [0.3, 0.4) is 0 Å². The van der Waals surface area contributed by atoms with Crippen molar-refractivity contribution in [3.63, 3.8) is 0 Å². The number of aryl methyl sites for hydroxylation is 2. The number of benzene rings is 2. The molecule has 0 radical (unpaired) electrons. The zero-order valence-corrected chi connectivity index (χ0v) is 16.5. The Morgan fingerprint density at radius 2 is 1.65 bits per heavy atom. The fraction of sp³-hybridized carbons (Fsp3) is 0.136. The van der Waals surface area contributed by atoms with Crippen molar-refractivity contribution in [3.05, 3.63) is 82.9 Å². The maximum Gasteiger partial charge on any atom is 0.433 e. The number of para-hydroxylation sites is 1. The van der Waals surface area contributed by atoms with E-state index in [-0.39, 0.29) is 17.0 Å². The highest BCUT2D eigenvalue weighted by Crippen LogP contribution is 2.32. The second-order valence-electron chi connectivity index (χ2n) is 7.05. The number of fused-ring (bicyclic) bond motifs is 1. The minimum atomic E-state index is -4.75. The van der Waals surface area contributed by atoms with E-state index >= 15 is 0 Å². The summed E-state index contributed by atoms with van der Waals surface area (Å²) in [6.45, 7) is 3.62. The average molecular weight is 428 g/mol. The van der Waals surface area contributed by atoms with Crippen LogP contribution in [0.15, 0.2) is 54.6 Å². The number of carbonyl (C=O) groups excluding carboxylic acids is 1. The molecule has 0 atom stereocenters. The summed E-state index contributed by atoms with van der Waals surface area (Å²) in [7, 11) is 0. The lowest BCUT2D eigenvalue weighted by Crippen LogP contribution is -2.16. The van der Waals surface area contributed by atoms with Crippen LogP contribution in [0.4, 0.5) is 23.2 Å². The van der Waals surface area contributed by atoms with Gasteiger partial charge in [-0.05, 0) is 55.3 Å². The van der Waals surface area contributed by atoms with Gasteiger partial charge < -0.3 is 5.32 Å². The van der Waals surface area contributed by atoms with E-state index in [0.717, 1.165) is 29.3 Å². The van der Waals surface area contributed by atoms with E-state index < -0.39 is 23.6 Å². The maximum absolute atomic E-state index is 13.7. The Morgan fingerprint density at radius 1 is 1.00 bits per heavy atom. The summed E-state index contributed by atoms with van der Waals surface area (Å²) >= 11 is 0. The molecule has 31 heavy (non-hydrogen) atoms. The first-order chi connectivity index (χ1) is 14.6.